The first kappa shape index (κ1) is 20.1. The van der Waals surface area contributed by atoms with Crippen molar-refractivity contribution >= 4 is 17.8 Å². The predicted octanol–water partition coefficient (Wildman–Crippen LogP) is 1.45. The van der Waals surface area contributed by atoms with Crippen molar-refractivity contribution in [2.24, 2.45) is 0 Å². The molecule has 0 fully saturated rings. The van der Waals surface area contributed by atoms with E-state index in [0.29, 0.717) is 6.54 Å². The lowest BCUT2D eigenvalue weighted by Crippen LogP contribution is -2.31. The van der Waals surface area contributed by atoms with E-state index in [1.165, 1.54) is 11.2 Å². The highest BCUT2D eigenvalue weighted by molar-refractivity contribution is 5.92. The Bertz CT molecular complexity index is 624. The van der Waals surface area contributed by atoms with Crippen molar-refractivity contribution in [3.63, 3.8) is 0 Å². The number of carbonyl (C=O) groups is 3. The fraction of sp³-hybridized carbons (Fsp3) is 0.412. The third kappa shape index (κ3) is 7.03. The Morgan fingerprint density at radius 3 is 2.72 bits per heavy atom. The van der Waals surface area contributed by atoms with Crippen LogP contribution in [0.3, 0.4) is 0 Å². The molecule has 0 saturated heterocycles. The van der Waals surface area contributed by atoms with Gasteiger partial charge in [-0.1, -0.05) is 12.2 Å². The third-order valence-electron chi connectivity index (χ3n) is 3.07. The van der Waals surface area contributed by atoms with Crippen LogP contribution in [-0.4, -0.2) is 47.4 Å². The number of rotatable bonds is 11. The van der Waals surface area contributed by atoms with E-state index in [1.807, 2.05) is 0 Å². The van der Waals surface area contributed by atoms with Crippen LogP contribution in [-0.2, 0) is 20.9 Å². The topological polar surface area (TPSA) is 102 Å². The van der Waals surface area contributed by atoms with Gasteiger partial charge in [-0.05, 0) is 6.92 Å². The number of esters is 1. The van der Waals surface area contributed by atoms with Crippen LogP contribution in [0.15, 0.2) is 36.0 Å². The number of hydrogen-bond acceptors (Lipinski definition) is 6. The molecule has 1 aromatic rings. The molecule has 0 radical (unpaired) electrons. The monoisotopic (exact) mass is 349 g/mol. The van der Waals surface area contributed by atoms with Crippen molar-refractivity contribution in [1.82, 2.24) is 15.2 Å². The average Bonchev–Trinajstić information content (AvgIpc) is 3.06. The zero-order valence-corrected chi connectivity index (χ0v) is 14.3. The van der Waals surface area contributed by atoms with Gasteiger partial charge in [0, 0.05) is 19.5 Å². The van der Waals surface area contributed by atoms with Crippen LogP contribution in [0.4, 0.5) is 0 Å². The summed E-state index contributed by atoms with van der Waals surface area (Å²) < 4.78 is 10.0. The second-order valence-corrected chi connectivity index (χ2v) is 4.99. The number of ether oxygens (including phenoxy) is 1. The van der Waals surface area contributed by atoms with Crippen molar-refractivity contribution in [2.75, 3.05) is 19.7 Å². The summed E-state index contributed by atoms with van der Waals surface area (Å²) in [7, 11) is 0. The van der Waals surface area contributed by atoms with Gasteiger partial charge in [-0.3, -0.25) is 14.4 Å². The summed E-state index contributed by atoms with van der Waals surface area (Å²) in [6, 6.07) is 0. The van der Waals surface area contributed by atoms with Crippen molar-refractivity contribution in [1.29, 1.82) is 0 Å². The zero-order chi connectivity index (χ0) is 18.7. The lowest BCUT2D eigenvalue weighted by molar-refractivity contribution is -0.145. The Morgan fingerprint density at radius 1 is 1.32 bits per heavy atom. The van der Waals surface area contributed by atoms with E-state index in [-0.39, 0.29) is 55.9 Å². The summed E-state index contributed by atoms with van der Waals surface area (Å²) >= 11 is 0. The van der Waals surface area contributed by atoms with E-state index in [4.69, 9.17) is 9.15 Å². The van der Waals surface area contributed by atoms with E-state index < -0.39 is 5.97 Å². The molecule has 0 bridgehead atoms. The summed E-state index contributed by atoms with van der Waals surface area (Å²) in [6.07, 6.45) is 4.35. The normalized spacial score (nSPS) is 9.96. The minimum absolute atomic E-state index is 0.00110. The maximum atomic E-state index is 12.2. The lowest BCUT2D eigenvalue weighted by atomic mass is 10.2. The molecule has 8 heteroatoms. The van der Waals surface area contributed by atoms with Crippen LogP contribution < -0.4 is 5.32 Å². The maximum Gasteiger partial charge on any atom is 0.306 e. The zero-order valence-electron chi connectivity index (χ0n) is 14.3. The van der Waals surface area contributed by atoms with Gasteiger partial charge in [0.25, 0.3) is 5.91 Å². The van der Waals surface area contributed by atoms with E-state index in [0.717, 1.165) is 0 Å². The van der Waals surface area contributed by atoms with Gasteiger partial charge >= 0.3 is 5.97 Å². The fourth-order valence-electron chi connectivity index (χ4n) is 1.92. The standard InChI is InChI=1S/C17H23N3O5/c1-4-9-18-17(23)13-12-25-14(19-13)11-20(10-5-2)15(21)7-8-16(22)24-6-3/h4-5,12H,1-2,6-11H2,3H3,(H,18,23). The lowest BCUT2D eigenvalue weighted by Gasteiger charge is -2.19. The molecule has 1 N–H and O–H groups in total. The van der Waals surface area contributed by atoms with Crippen molar-refractivity contribution in [3.05, 3.63) is 43.2 Å². The molecule has 0 aliphatic carbocycles. The van der Waals surface area contributed by atoms with Gasteiger partial charge in [-0.2, -0.15) is 0 Å². The minimum Gasteiger partial charge on any atom is -0.466 e. The highest BCUT2D eigenvalue weighted by atomic mass is 16.5. The Kier molecular flexibility index (Phi) is 8.70. The SMILES string of the molecule is C=CCNC(=O)c1coc(CN(CC=C)C(=O)CCC(=O)OCC)n1. The Balaban J connectivity index is 2.65. The molecule has 0 saturated carbocycles. The Hall–Kier alpha value is -2.90. The molecule has 0 spiro atoms. The summed E-state index contributed by atoms with van der Waals surface area (Å²) in [5.41, 5.74) is 0.120. The minimum atomic E-state index is -0.424. The van der Waals surface area contributed by atoms with Gasteiger partial charge in [0.2, 0.25) is 11.8 Å². The highest BCUT2D eigenvalue weighted by Crippen LogP contribution is 2.09. The molecule has 8 nitrogen and oxygen atoms in total. The molecular formula is C17H23N3O5. The van der Waals surface area contributed by atoms with E-state index >= 15 is 0 Å². The van der Waals surface area contributed by atoms with Crippen LogP contribution >= 0.6 is 0 Å². The first-order valence-corrected chi connectivity index (χ1v) is 7.89. The number of hydrogen-bond donors (Lipinski definition) is 1. The number of nitrogens with zero attached hydrogens (tertiary/aromatic N) is 2. The number of oxazole rings is 1. The average molecular weight is 349 g/mol. The highest BCUT2D eigenvalue weighted by Gasteiger charge is 2.18. The van der Waals surface area contributed by atoms with Crippen LogP contribution in [0.5, 0.6) is 0 Å². The first-order chi connectivity index (χ1) is 12.0. The molecule has 0 aliphatic heterocycles. The van der Waals surface area contributed by atoms with Gasteiger partial charge in [-0.15, -0.1) is 13.2 Å². The van der Waals surface area contributed by atoms with Crippen molar-refractivity contribution in [3.8, 4) is 0 Å². The summed E-state index contributed by atoms with van der Waals surface area (Å²) in [5.74, 6) is -0.857. The molecule has 0 atom stereocenters. The van der Waals surface area contributed by atoms with E-state index in [9.17, 15) is 14.4 Å². The van der Waals surface area contributed by atoms with E-state index in [2.05, 4.69) is 23.5 Å². The van der Waals surface area contributed by atoms with Crippen molar-refractivity contribution < 1.29 is 23.5 Å². The number of amides is 2. The fourth-order valence-corrected chi connectivity index (χ4v) is 1.92. The predicted molar refractivity (Wildman–Crippen MR) is 90.5 cm³/mol. The molecular weight excluding hydrogens is 326 g/mol. The molecule has 2 amide bonds. The van der Waals surface area contributed by atoms with Gasteiger partial charge in [0.05, 0.1) is 19.6 Å². The Morgan fingerprint density at radius 2 is 2.08 bits per heavy atom. The van der Waals surface area contributed by atoms with Gasteiger partial charge < -0.3 is 19.4 Å². The van der Waals surface area contributed by atoms with Crippen LogP contribution in [0.25, 0.3) is 0 Å². The van der Waals surface area contributed by atoms with Gasteiger partial charge in [-0.25, -0.2) is 4.98 Å². The van der Waals surface area contributed by atoms with Crippen LogP contribution in [0.2, 0.25) is 0 Å². The van der Waals surface area contributed by atoms with E-state index in [1.54, 1.807) is 19.1 Å². The van der Waals surface area contributed by atoms with Gasteiger partial charge in [0.1, 0.15) is 6.26 Å². The van der Waals surface area contributed by atoms with Gasteiger partial charge in [0.15, 0.2) is 5.69 Å². The molecule has 0 aromatic carbocycles. The summed E-state index contributed by atoms with van der Waals surface area (Å²) in [4.78, 5) is 40.9. The smallest absolute Gasteiger partial charge is 0.306 e. The second-order valence-electron chi connectivity index (χ2n) is 4.99. The summed E-state index contributed by atoms with van der Waals surface area (Å²) in [6.45, 7) is 9.74. The Labute approximate surface area is 146 Å². The molecule has 25 heavy (non-hydrogen) atoms. The molecule has 136 valence electrons. The maximum absolute atomic E-state index is 12.2. The van der Waals surface area contributed by atoms with Crippen LogP contribution in [0, 0.1) is 0 Å². The first-order valence-electron chi connectivity index (χ1n) is 7.89. The largest absolute Gasteiger partial charge is 0.466 e. The molecule has 1 rings (SSSR count). The van der Waals surface area contributed by atoms with Crippen molar-refractivity contribution in [2.45, 2.75) is 26.3 Å². The molecule has 0 aliphatic rings. The third-order valence-corrected chi connectivity index (χ3v) is 3.07. The molecule has 0 unspecified atom stereocenters. The molecule has 1 aromatic heterocycles. The number of nitrogens with one attached hydrogen (secondary N) is 1. The van der Waals surface area contributed by atoms with Crippen LogP contribution in [0.1, 0.15) is 36.1 Å². The number of carbonyl (C=O) groups excluding carboxylic acids is 3. The molecule has 1 heterocycles. The number of aromatic nitrogens is 1. The second kappa shape index (κ2) is 10.8. The summed E-state index contributed by atoms with van der Waals surface area (Å²) in [5, 5.41) is 2.58. The quantitative estimate of drug-likeness (QED) is 0.479.